The minimum Gasteiger partial charge on any atom is -0.378 e. The van der Waals surface area contributed by atoms with E-state index in [0.29, 0.717) is 0 Å². The molecule has 2 aromatic rings. The Labute approximate surface area is 125 Å². The second-order valence-corrected chi connectivity index (χ2v) is 5.77. The van der Waals surface area contributed by atoms with Crippen LogP contribution in [0.25, 0.3) is 0 Å². The molecule has 1 heterocycles. The first-order chi connectivity index (χ1) is 10.1. The molecule has 21 heavy (non-hydrogen) atoms. The van der Waals surface area contributed by atoms with Gasteiger partial charge in [0, 0.05) is 32.5 Å². The number of likely N-dealkylation sites (N-methyl/N-ethyl adjacent to an activating group) is 1. The number of hydrogen-bond donors (Lipinski definition) is 0. The summed E-state index contributed by atoms with van der Waals surface area (Å²) in [5, 5.41) is 0. The largest absolute Gasteiger partial charge is 0.378 e. The molecule has 1 aliphatic heterocycles. The van der Waals surface area contributed by atoms with Crippen molar-refractivity contribution in [3.63, 3.8) is 0 Å². The van der Waals surface area contributed by atoms with E-state index in [0.717, 1.165) is 17.7 Å². The van der Waals surface area contributed by atoms with Crippen molar-refractivity contribution in [2.45, 2.75) is 12.3 Å². The third-order valence-electron chi connectivity index (χ3n) is 4.19. The standard InChI is InChI=1S/C18H20N2O/c1-19(2)14-10-8-13(9-11-14)12-16-15-6-4-5-7-17(15)20(3)18(16)21/h4-11,16H,12H2,1-3H3/t16-/m1/s1. The summed E-state index contributed by atoms with van der Waals surface area (Å²) in [7, 11) is 5.91. The molecule has 2 aromatic carbocycles. The number of carbonyl (C=O) groups is 1. The lowest BCUT2D eigenvalue weighted by atomic mass is 9.93. The Balaban J connectivity index is 1.86. The predicted octanol–water partition coefficient (Wildman–Crippen LogP) is 3.06. The number of anilines is 2. The third kappa shape index (κ3) is 2.40. The van der Waals surface area contributed by atoms with Crippen LogP contribution in [0, 0.1) is 0 Å². The van der Waals surface area contributed by atoms with Crippen LogP contribution in [-0.2, 0) is 11.2 Å². The Morgan fingerprint density at radius 2 is 1.71 bits per heavy atom. The van der Waals surface area contributed by atoms with Gasteiger partial charge in [0.1, 0.15) is 0 Å². The molecular formula is C18H20N2O. The fourth-order valence-electron chi connectivity index (χ4n) is 2.94. The van der Waals surface area contributed by atoms with Crippen LogP contribution in [0.1, 0.15) is 17.0 Å². The molecule has 0 spiro atoms. The van der Waals surface area contributed by atoms with Crippen LogP contribution in [0.15, 0.2) is 48.5 Å². The summed E-state index contributed by atoms with van der Waals surface area (Å²) in [4.78, 5) is 16.3. The lowest BCUT2D eigenvalue weighted by Crippen LogP contribution is -2.24. The first-order valence-corrected chi connectivity index (χ1v) is 7.20. The molecule has 0 fully saturated rings. The zero-order chi connectivity index (χ0) is 15.0. The molecule has 1 aliphatic rings. The number of para-hydroxylation sites is 1. The van der Waals surface area contributed by atoms with Crippen molar-refractivity contribution in [3.05, 3.63) is 59.7 Å². The van der Waals surface area contributed by atoms with Crippen molar-refractivity contribution < 1.29 is 4.79 Å². The summed E-state index contributed by atoms with van der Waals surface area (Å²) >= 11 is 0. The monoisotopic (exact) mass is 280 g/mol. The molecule has 0 unspecified atom stereocenters. The molecule has 3 heteroatoms. The van der Waals surface area contributed by atoms with Crippen molar-refractivity contribution in [1.29, 1.82) is 0 Å². The average Bonchev–Trinajstić information content (AvgIpc) is 2.73. The quantitative estimate of drug-likeness (QED) is 0.862. The smallest absolute Gasteiger partial charge is 0.234 e. The molecule has 0 aromatic heterocycles. The minimum atomic E-state index is -0.0589. The highest BCUT2D eigenvalue weighted by atomic mass is 16.2. The molecule has 0 N–H and O–H groups in total. The number of nitrogens with zero attached hydrogens (tertiary/aromatic N) is 2. The van der Waals surface area contributed by atoms with E-state index in [1.165, 1.54) is 11.3 Å². The van der Waals surface area contributed by atoms with Crippen molar-refractivity contribution in [2.24, 2.45) is 0 Å². The van der Waals surface area contributed by atoms with E-state index < -0.39 is 0 Å². The maximum Gasteiger partial charge on any atom is 0.234 e. The maximum absolute atomic E-state index is 12.5. The molecule has 0 aliphatic carbocycles. The minimum absolute atomic E-state index is 0.0589. The summed E-state index contributed by atoms with van der Waals surface area (Å²) < 4.78 is 0. The SMILES string of the molecule is CN(C)c1ccc(C[C@H]2C(=O)N(C)c3ccccc32)cc1. The highest BCUT2D eigenvalue weighted by Gasteiger charge is 2.34. The average molecular weight is 280 g/mol. The van der Waals surface area contributed by atoms with Crippen LogP contribution in [-0.4, -0.2) is 27.1 Å². The molecule has 0 saturated carbocycles. The van der Waals surface area contributed by atoms with Gasteiger partial charge in [0.2, 0.25) is 5.91 Å². The summed E-state index contributed by atoms with van der Waals surface area (Å²) in [5.41, 5.74) is 4.55. The number of benzene rings is 2. The lowest BCUT2D eigenvalue weighted by Gasteiger charge is -2.14. The molecule has 1 amide bonds. The zero-order valence-corrected chi connectivity index (χ0v) is 12.7. The van der Waals surface area contributed by atoms with Gasteiger partial charge in [-0.3, -0.25) is 4.79 Å². The van der Waals surface area contributed by atoms with E-state index >= 15 is 0 Å². The van der Waals surface area contributed by atoms with Crippen LogP contribution in [0.2, 0.25) is 0 Å². The van der Waals surface area contributed by atoms with Gasteiger partial charge < -0.3 is 9.80 Å². The highest BCUT2D eigenvalue weighted by Crippen LogP contribution is 2.38. The Kier molecular flexibility index (Phi) is 3.42. The molecule has 3 rings (SSSR count). The van der Waals surface area contributed by atoms with Crippen molar-refractivity contribution in [1.82, 2.24) is 0 Å². The fourth-order valence-corrected chi connectivity index (χ4v) is 2.94. The van der Waals surface area contributed by atoms with Gasteiger partial charge >= 0.3 is 0 Å². The molecule has 3 nitrogen and oxygen atoms in total. The predicted molar refractivity (Wildman–Crippen MR) is 87.1 cm³/mol. The van der Waals surface area contributed by atoms with E-state index in [1.54, 1.807) is 4.90 Å². The Morgan fingerprint density at radius 3 is 2.38 bits per heavy atom. The Bertz CT molecular complexity index is 661. The Hall–Kier alpha value is -2.29. The summed E-state index contributed by atoms with van der Waals surface area (Å²) in [5.74, 6) is 0.129. The van der Waals surface area contributed by atoms with E-state index in [9.17, 15) is 4.79 Å². The number of fused-ring (bicyclic) bond motifs is 1. The van der Waals surface area contributed by atoms with Crippen LogP contribution in [0.3, 0.4) is 0 Å². The Morgan fingerprint density at radius 1 is 1.05 bits per heavy atom. The van der Waals surface area contributed by atoms with Gasteiger partial charge in [-0.25, -0.2) is 0 Å². The van der Waals surface area contributed by atoms with Crippen LogP contribution < -0.4 is 9.80 Å². The number of rotatable bonds is 3. The maximum atomic E-state index is 12.5. The number of carbonyl (C=O) groups excluding carboxylic acids is 1. The summed E-state index contributed by atoms with van der Waals surface area (Å²) in [6.07, 6.45) is 0.758. The van der Waals surface area contributed by atoms with Gasteiger partial charge in [-0.1, -0.05) is 30.3 Å². The topological polar surface area (TPSA) is 23.6 Å². The van der Waals surface area contributed by atoms with E-state index in [-0.39, 0.29) is 11.8 Å². The first kappa shape index (κ1) is 13.7. The van der Waals surface area contributed by atoms with Gasteiger partial charge in [0.25, 0.3) is 0 Å². The van der Waals surface area contributed by atoms with Crippen molar-refractivity contribution in [2.75, 3.05) is 30.9 Å². The number of hydrogen-bond acceptors (Lipinski definition) is 2. The normalized spacial score (nSPS) is 17.0. The number of amides is 1. The molecule has 0 radical (unpaired) electrons. The van der Waals surface area contributed by atoms with Crippen LogP contribution in [0.5, 0.6) is 0 Å². The third-order valence-corrected chi connectivity index (χ3v) is 4.19. The van der Waals surface area contributed by atoms with Gasteiger partial charge in [0.15, 0.2) is 0 Å². The molecule has 1 atom stereocenters. The van der Waals surface area contributed by atoms with Gasteiger partial charge in [0.05, 0.1) is 5.92 Å². The van der Waals surface area contributed by atoms with E-state index in [1.807, 2.05) is 39.3 Å². The second-order valence-electron chi connectivity index (χ2n) is 5.77. The molecule has 108 valence electrons. The zero-order valence-electron chi connectivity index (χ0n) is 12.7. The van der Waals surface area contributed by atoms with Gasteiger partial charge in [-0.05, 0) is 35.7 Å². The summed E-state index contributed by atoms with van der Waals surface area (Å²) in [6, 6.07) is 16.5. The molecular weight excluding hydrogens is 260 g/mol. The van der Waals surface area contributed by atoms with E-state index in [4.69, 9.17) is 0 Å². The second kappa shape index (κ2) is 5.24. The highest BCUT2D eigenvalue weighted by molar-refractivity contribution is 6.04. The molecule has 0 saturated heterocycles. The van der Waals surface area contributed by atoms with Crippen LogP contribution in [0.4, 0.5) is 11.4 Å². The van der Waals surface area contributed by atoms with Gasteiger partial charge in [-0.15, -0.1) is 0 Å². The summed E-state index contributed by atoms with van der Waals surface area (Å²) in [6.45, 7) is 0. The lowest BCUT2D eigenvalue weighted by molar-refractivity contribution is -0.119. The van der Waals surface area contributed by atoms with Crippen molar-refractivity contribution >= 4 is 17.3 Å². The fraction of sp³-hybridized carbons (Fsp3) is 0.278. The van der Waals surface area contributed by atoms with Crippen LogP contribution >= 0.6 is 0 Å². The van der Waals surface area contributed by atoms with Crippen molar-refractivity contribution in [3.8, 4) is 0 Å². The molecule has 0 bridgehead atoms. The van der Waals surface area contributed by atoms with Gasteiger partial charge in [-0.2, -0.15) is 0 Å². The van der Waals surface area contributed by atoms with E-state index in [2.05, 4.69) is 35.2 Å². The first-order valence-electron chi connectivity index (χ1n) is 7.20.